The summed E-state index contributed by atoms with van der Waals surface area (Å²) in [7, 11) is 0. The Hall–Kier alpha value is -5.79. The van der Waals surface area contributed by atoms with Gasteiger partial charge in [0.1, 0.15) is 29.1 Å². The smallest absolute Gasteiger partial charge is 0.270 e. The molecule has 0 bridgehead atoms. The van der Waals surface area contributed by atoms with Gasteiger partial charge in [0.05, 0.1) is 12.3 Å². The molecular weight excluding hydrogens is 528 g/mol. The molecule has 206 valence electrons. The topological polar surface area (TPSA) is 219 Å². The quantitative estimate of drug-likeness (QED) is 0.0665. The Balaban J connectivity index is 1.19. The molecule has 3 aromatic carbocycles. The first-order valence-corrected chi connectivity index (χ1v) is 12.5. The van der Waals surface area contributed by atoms with Gasteiger partial charge in [0.2, 0.25) is 0 Å². The molecule has 0 saturated carbocycles. The summed E-state index contributed by atoms with van der Waals surface area (Å²) in [5.41, 5.74) is 8.37. The van der Waals surface area contributed by atoms with Crippen molar-refractivity contribution in [2.75, 3.05) is 11.1 Å². The summed E-state index contributed by atoms with van der Waals surface area (Å²) < 4.78 is 0. The lowest BCUT2D eigenvalue weighted by atomic mass is 10.0. The van der Waals surface area contributed by atoms with Gasteiger partial charge in [-0.05, 0) is 58.5 Å². The minimum absolute atomic E-state index is 0.0290. The third-order valence-electron chi connectivity index (χ3n) is 6.59. The van der Waals surface area contributed by atoms with E-state index in [1.165, 1.54) is 6.07 Å². The summed E-state index contributed by atoms with van der Waals surface area (Å²) in [5.74, 6) is 4.02. The van der Waals surface area contributed by atoms with E-state index in [0.29, 0.717) is 17.7 Å². The molecule has 1 heterocycles. The third-order valence-corrected chi connectivity index (χ3v) is 6.59. The maximum Gasteiger partial charge on any atom is 0.270 e. The SMILES string of the molecule is N/N=N\N=C\c1ccc2c(c1)CCC2NC(=O)c1cc(C(=O)NCc2cccc(Nc3c(N)c(=O)c3=O)c2)ncn1. The summed E-state index contributed by atoms with van der Waals surface area (Å²) >= 11 is 0. The Morgan fingerprint density at radius 2 is 1.83 bits per heavy atom. The zero-order valence-corrected chi connectivity index (χ0v) is 21.5. The molecule has 14 heteroatoms. The number of benzene rings is 2. The molecule has 0 aliphatic heterocycles. The van der Waals surface area contributed by atoms with E-state index in [2.05, 4.69) is 41.5 Å². The third kappa shape index (κ3) is 5.80. The zero-order chi connectivity index (χ0) is 28.9. The summed E-state index contributed by atoms with van der Waals surface area (Å²) in [5, 5.41) is 18.7. The van der Waals surface area contributed by atoms with E-state index >= 15 is 0 Å². The number of hydrogen-bond donors (Lipinski definition) is 5. The van der Waals surface area contributed by atoms with Crippen LogP contribution in [0.2, 0.25) is 0 Å². The van der Waals surface area contributed by atoms with Gasteiger partial charge in [0.25, 0.3) is 22.7 Å². The molecule has 0 radical (unpaired) electrons. The molecule has 0 fully saturated rings. The molecule has 0 spiro atoms. The first kappa shape index (κ1) is 26.8. The lowest BCUT2D eigenvalue weighted by molar-refractivity contribution is 0.0931. The molecule has 1 aliphatic carbocycles. The van der Waals surface area contributed by atoms with Crippen LogP contribution in [0.25, 0.3) is 0 Å². The minimum Gasteiger partial charge on any atom is -0.394 e. The number of fused-ring (bicyclic) bond motifs is 1. The molecule has 0 saturated heterocycles. The second kappa shape index (κ2) is 11.5. The predicted octanol–water partition coefficient (Wildman–Crippen LogP) is 1.41. The van der Waals surface area contributed by atoms with Crippen molar-refractivity contribution in [2.45, 2.75) is 25.4 Å². The van der Waals surface area contributed by atoms with Gasteiger partial charge in [0.15, 0.2) is 0 Å². The molecule has 14 nitrogen and oxygen atoms in total. The highest BCUT2D eigenvalue weighted by molar-refractivity contribution is 5.97. The number of hydrogen-bond acceptors (Lipinski definition) is 10. The highest BCUT2D eigenvalue weighted by Crippen LogP contribution is 2.31. The van der Waals surface area contributed by atoms with Crippen molar-refractivity contribution in [3.8, 4) is 0 Å². The number of carbonyl (C=O) groups is 2. The van der Waals surface area contributed by atoms with Crippen LogP contribution in [0, 0.1) is 0 Å². The van der Waals surface area contributed by atoms with Crippen LogP contribution in [0.15, 0.2) is 80.0 Å². The first-order chi connectivity index (χ1) is 19.8. The van der Waals surface area contributed by atoms with E-state index in [1.807, 2.05) is 18.2 Å². The van der Waals surface area contributed by atoms with E-state index < -0.39 is 22.7 Å². The highest BCUT2D eigenvalue weighted by Gasteiger charge is 2.25. The average Bonchev–Trinajstić information content (AvgIpc) is 3.40. The van der Waals surface area contributed by atoms with E-state index in [0.717, 1.165) is 29.4 Å². The molecule has 5 rings (SSSR count). The fourth-order valence-corrected chi connectivity index (χ4v) is 4.54. The van der Waals surface area contributed by atoms with Gasteiger partial charge in [-0.25, -0.2) is 9.97 Å². The van der Waals surface area contributed by atoms with Crippen LogP contribution in [0.5, 0.6) is 0 Å². The number of nitrogens with one attached hydrogen (secondary N) is 3. The van der Waals surface area contributed by atoms with Crippen LogP contribution in [0.1, 0.15) is 55.7 Å². The Labute approximate surface area is 232 Å². The van der Waals surface area contributed by atoms with Crippen molar-refractivity contribution in [3.05, 3.63) is 109 Å². The predicted molar refractivity (Wildman–Crippen MR) is 150 cm³/mol. The van der Waals surface area contributed by atoms with Crippen molar-refractivity contribution in [1.82, 2.24) is 20.6 Å². The summed E-state index contributed by atoms with van der Waals surface area (Å²) in [6.07, 6.45) is 4.19. The second-order valence-electron chi connectivity index (χ2n) is 9.22. The number of nitrogens with zero attached hydrogens (tertiary/aromatic N) is 5. The highest BCUT2D eigenvalue weighted by atomic mass is 16.2. The van der Waals surface area contributed by atoms with Crippen LogP contribution in [0.3, 0.4) is 0 Å². The fourth-order valence-electron chi connectivity index (χ4n) is 4.54. The van der Waals surface area contributed by atoms with Crippen molar-refractivity contribution < 1.29 is 9.59 Å². The van der Waals surface area contributed by atoms with Gasteiger partial charge in [0, 0.05) is 18.3 Å². The Kier molecular flexibility index (Phi) is 7.54. The van der Waals surface area contributed by atoms with Crippen molar-refractivity contribution in [1.29, 1.82) is 0 Å². The monoisotopic (exact) mass is 552 g/mol. The molecule has 1 aromatic heterocycles. The van der Waals surface area contributed by atoms with Gasteiger partial charge >= 0.3 is 0 Å². The van der Waals surface area contributed by atoms with Crippen LogP contribution in [-0.4, -0.2) is 28.0 Å². The summed E-state index contributed by atoms with van der Waals surface area (Å²) in [6, 6.07) is 13.8. The molecular formula is C27H24N10O4. The van der Waals surface area contributed by atoms with Crippen molar-refractivity contribution in [3.63, 3.8) is 0 Å². The van der Waals surface area contributed by atoms with Crippen LogP contribution in [-0.2, 0) is 13.0 Å². The summed E-state index contributed by atoms with van der Waals surface area (Å²) in [4.78, 5) is 56.8. The number of amides is 2. The Morgan fingerprint density at radius 1 is 1.02 bits per heavy atom. The number of anilines is 3. The van der Waals surface area contributed by atoms with Crippen molar-refractivity contribution in [2.24, 2.45) is 21.4 Å². The number of aromatic nitrogens is 2. The molecule has 41 heavy (non-hydrogen) atoms. The Morgan fingerprint density at radius 3 is 2.61 bits per heavy atom. The first-order valence-electron chi connectivity index (χ1n) is 12.5. The van der Waals surface area contributed by atoms with Crippen LogP contribution in [0.4, 0.5) is 17.1 Å². The fraction of sp³-hybridized carbons (Fsp3) is 0.148. The van der Waals surface area contributed by atoms with E-state index in [1.54, 1.807) is 30.5 Å². The maximum atomic E-state index is 13.0. The molecule has 1 aliphatic rings. The molecule has 1 atom stereocenters. The van der Waals surface area contributed by atoms with Crippen LogP contribution < -0.4 is 38.4 Å². The average molecular weight is 553 g/mol. The minimum atomic E-state index is -0.713. The number of nitrogen functional groups attached to an aromatic ring is 1. The van der Waals surface area contributed by atoms with E-state index in [4.69, 9.17) is 11.6 Å². The van der Waals surface area contributed by atoms with Gasteiger partial charge < -0.3 is 27.5 Å². The molecule has 4 aromatic rings. The number of aryl methyl sites for hydroxylation is 1. The number of carbonyl (C=O) groups excluding carboxylic acids is 2. The van der Waals surface area contributed by atoms with Crippen LogP contribution >= 0.6 is 0 Å². The number of rotatable bonds is 9. The van der Waals surface area contributed by atoms with Gasteiger partial charge in [-0.15, -0.1) is 5.10 Å². The van der Waals surface area contributed by atoms with E-state index in [9.17, 15) is 19.2 Å². The standard InChI is InChI=1S/C27H24N10O4/c28-22-23(25(39)24(22)38)34-17-3-1-2-14(9-17)11-30-26(40)20-10-21(32-13-31-20)27(41)35-19-7-5-16-8-15(4-6-18(16)19)12-33-37-36-29/h1-4,6,8-10,12-13,19,34H,5,7,11,28H2,(H2,29,37)(H,30,40)(H,35,41)/b33-12+. The maximum absolute atomic E-state index is 13.0. The molecule has 1 unspecified atom stereocenters. The normalized spacial score (nSPS) is 14.4. The lowest BCUT2D eigenvalue weighted by Crippen LogP contribution is -2.36. The molecule has 7 N–H and O–H groups in total. The van der Waals surface area contributed by atoms with Gasteiger partial charge in [-0.1, -0.05) is 29.5 Å². The van der Waals surface area contributed by atoms with Gasteiger partial charge in [-0.3, -0.25) is 19.2 Å². The summed E-state index contributed by atoms with van der Waals surface area (Å²) in [6.45, 7) is 0.141. The van der Waals surface area contributed by atoms with Gasteiger partial charge in [-0.2, -0.15) is 0 Å². The second-order valence-corrected chi connectivity index (χ2v) is 9.22. The molecule has 2 amide bonds. The largest absolute Gasteiger partial charge is 0.394 e. The Bertz CT molecular complexity index is 1770. The number of nitrogens with two attached hydrogens (primary N) is 2. The zero-order valence-electron chi connectivity index (χ0n) is 21.5. The lowest BCUT2D eigenvalue weighted by Gasteiger charge is -2.14. The van der Waals surface area contributed by atoms with E-state index in [-0.39, 0.29) is 35.3 Å². The van der Waals surface area contributed by atoms with Crippen molar-refractivity contribution >= 4 is 35.1 Å².